The fraction of sp³-hybridized carbons (Fsp3) is 0.500. The van der Waals surface area contributed by atoms with E-state index in [9.17, 15) is 18.0 Å². The first-order valence-corrected chi connectivity index (χ1v) is 9.06. The van der Waals surface area contributed by atoms with Crippen molar-refractivity contribution < 1.29 is 22.7 Å². The Bertz CT molecular complexity index is 803. The smallest absolute Gasteiger partial charge is 0.381 e. The van der Waals surface area contributed by atoms with Gasteiger partial charge in [-0.05, 0) is 44.2 Å². The third-order valence-electron chi connectivity index (χ3n) is 4.94. The summed E-state index contributed by atoms with van der Waals surface area (Å²) in [6, 6.07) is 8.94. The molecule has 3 rings (SSSR count). The van der Waals surface area contributed by atoms with Gasteiger partial charge in [0, 0.05) is 30.3 Å². The van der Waals surface area contributed by atoms with Crippen LogP contribution in [0.4, 0.5) is 13.2 Å². The number of nitrogens with one attached hydrogen (secondary N) is 1. The maximum absolute atomic E-state index is 13.2. The lowest BCUT2D eigenvalue weighted by Gasteiger charge is -2.36. The molecule has 146 valence electrons. The van der Waals surface area contributed by atoms with Crippen molar-refractivity contribution >= 4 is 16.8 Å². The number of nitrogens with zero attached hydrogens (tertiary/aromatic N) is 1. The van der Waals surface area contributed by atoms with Crippen LogP contribution in [0.15, 0.2) is 36.5 Å². The molecule has 7 heteroatoms. The van der Waals surface area contributed by atoms with Crippen LogP contribution in [0.25, 0.3) is 10.9 Å². The molecule has 1 aromatic carbocycles. The monoisotopic (exact) mass is 380 g/mol. The fourth-order valence-electron chi connectivity index (χ4n) is 3.74. The SMILES string of the molecule is CC(CC1CCOCC1)(CC(F)(F)F)NC(=O)c1cnc2ccccc2c1. The van der Waals surface area contributed by atoms with E-state index in [1.54, 1.807) is 6.07 Å². The van der Waals surface area contributed by atoms with E-state index < -0.39 is 24.0 Å². The average Bonchev–Trinajstić information content (AvgIpc) is 2.60. The summed E-state index contributed by atoms with van der Waals surface area (Å²) in [4.78, 5) is 16.9. The molecule has 1 amide bonds. The lowest BCUT2D eigenvalue weighted by Crippen LogP contribution is -2.50. The van der Waals surface area contributed by atoms with E-state index in [0.717, 1.165) is 10.9 Å². The van der Waals surface area contributed by atoms with E-state index >= 15 is 0 Å². The fourth-order valence-corrected chi connectivity index (χ4v) is 3.74. The van der Waals surface area contributed by atoms with Crippen molar-refractivity contribution in [2.24, 2.45) is 5.92 Å². The molecule has 4 nitrogen and oxygen atoms in total. The number of alkyl halides is 3. The predicted octanol–water partition coefficient (Wildman–Crippen LogP) is 4.49. The first-order chi connectivity index (χ1) is 12.7. The van der Waals surface area contributed by atoms with Crippen molar-refractivity contribution in [2.75, 3.05) is 13.2 Å². The van der Waals surface area contributed by atoms with Gasteiger partial charge in [0.15, 0.2) is 0 Å². The van der Waals surface area contributed by atoms with Gasteiger partial charge in [0.1, 0.15) is 0 Å². The van der Waals surface area contributed by atoms with E-state index in [4.69, 9.17) is 4.74 Å². The summed E-state index contributed by atoms with van der Waals surface area (Å²) in [6.45, 7) is 2.58. The number of carbonyl (C=O) groups excluding carboxylic acids is 1. The Kier molecular flexibility index (Phi) is 5.69. The molecule has 1 aliphatic heterocycles. The Labute approximate surface area is 156 Å². The van der Waals surface area contributed by atoms with Crippen molar-refractivity contribution in [1.29, 1.82) is 0 Å². The minimum atomic E-state index is -4.37. The largest absolute Gasteiger partial charge is 0.391 e. The van der Waals surface area contributed by atoms with Crippen LogP contribution in [-0.4, -0.2) is 35.8 Å². The van der Waals surface area contributed by atoms with Crippen molar-refractivity contribution in [3.05, 3.63) is 42.1 Å². The van der Waals surface area contributed by atoms with Crippen molar-refractivity contribution in [3.63, 3.8) is 0 Å². The van der Waals surface area contributed by atoms with E-state index in [-0.39, 0.29) is 17.9 Å². The van der Waals surface area contributed by atoms with Crippen LogP contribution in [0.3, 0.4) is 0 Å². The van der Waals surface area contributed by atoms with Crippen LogP contribution in [0.5, 0.6) is 0 Å². The summed E-state index contributed by atoms with van der Waals surface area (Å²) in [5.41, 5.74) is -0.383. The van der Waals surface area contributed by atoms with Crippen LogP contribution in [0.1, 0.15) is 43.0 Å². The Morgan fingerprint density at radius 2 is 1.96 bits per heavy atom. The summed E-state index contributed by atoms with van der Waals surface area (Å²) in [5, 5.41) is 3.41. The summed E-state index contributed by atoms with van der Waals surface area (Å²) < 4.78 is 44.8. The molecule has 1 N–H and O–H groups in total. The highest BCUT2D eigenvalue weighted by atomic mass is 19.4. The number of aromatic nitrogens is 1. The van der Waals surface area contributed by atoms with E-state index in [0.29, 0.717) is 26.1 Å². The molecule has 0 spiro atoms. The van der Waals surface area contributed by atoms with Gasteiger partial charge in [0.05, 0.1) is 17.5 Å². The van der Waals surface area contributed by atoms with Gasteiger partial charge in [0.25, 0.3) is 5.91 Å². The molecule has 2 heterocycles. The molecule has 2 aromatic rings. The van der Waals surface area contributed by atoms with E-state index in [1.807, 2.05) is 24.3 Å². The molecule has 0 bridgehead atoms. The van der Waals surface area contributed by atoms with Crippen molar-refractivity contribution in [3.8, 4) is 0 Å². The Balaban J connectivity index is 1.79. The van der Waals surface area contributed by atoms with E-state index in [2.05, 4.69) is 10.3 Å². The first kappa shape index (κ1) is 19.6. The number of pyridine rings is 1. The van der Waals surface area contributed by atoms with Crippen LogP contribution in [0.2, 0.25) is 0 Å². The minimum absolute atomic E-state index is 0.0983. The molecule has 0 radical (unpaired) electrons. The van der Waals surface area contributed by atoms with Crippen LogP contribution < -0.4 is 5.32 Å². The molecule has 1 saturated heterocycles. The third-order valence-corrected chi connectivity index (χ3v) is 4.94. The highest BCUT2D eigenvalue weighted by Crippen LogP contribution is 2.34. The predicted molar refractivity (Wildman–Crippen MR) is 96.4 cm³/mol. The molecule has 1 unspecified atom stereocenters. The van der Waals surface area contributed by atoms with Crippen LogP contribution in [0, 0.1) is 5.92 Å². The Hall–Kier alpha value is -2.15. The number of ether oxygens (including phenoxy) is 1. The highest BCUT2D eigenvalue weighted by Gasteiger charge is 2.42. The van der Waals surface area contributed by atoms with E-state index in [1.165, 1.54) is 13.1 Å². The Morgan fingerprint density at radius 3 is 2.67 bits per heavy atom. The number of rotatable bonds is 5. The molecule has 1 atom stereocenters. The second kappa shape index (κ2) is 7.84. The normalized spacial score (nSPS) is 18.2. The molecule has 0 saturated carbocycles. The maximum atomic E-state index is 13.2. The molecular formula is C20H23F3N2O2. The summed E-state index contributed by atoms with van der Waals surface area (Å²) in [7, 11) is 0. The maximum Gasteiger partial charge on any atom is 0.391 e. The number of amides is 1. The molecular weight excluding hydrogens is 357 g/mol. The second-order valence-electron chi connectivity index (χ2n) is 7.48. The van der Waals surface area contributed by atoms with Crippen LogP contribution >= 0.6 is 0 Å². The van der Waals surface area contributed by atoms with Gasteiger partial charge in [-0.1, -0.05) is 18.2 Å². The number of carbonyl (C=O) groups is 1. The third kappa shape index (κ3) is 5.42. The minimum Gasteiger partial charge on any atom is -0.381 e. The summed E-state index contributed by atoms with van der Waals surface area (Å²) >= 11 is 0. The van der Waals surface area contributed by atoms with Gasteiger partial charge in [0.2, 0.25) is 0 Å². The second-order valence-corrected chi connectivity index (χ2v) is 7.48. The molecule has 27 heavy (non-hydrogen) atoms. The van der Waals surface area contributed by atoms with Crippen molar-refractivity contribution in [1.82, 2.24) is 10.3 Å². The van der Waals surface area contributed by atoms with Gasteiger partial charge >= 0.3 is 6.18 Å². The standard InChI is InChI=1S/C20H23F3N2O2/c1-19(13-20(21,22)23,11-14-6-8-27-9-7-14)25-18(26)16-10-15-4-2-3-5-17(15)24-12-16/h2-5,10,12,14H,6-9,11,13H2,1H3,(H,25,26). The number of halogens is 3. The van der Waals surface area contributed by atoms with Gasteiger partial charge in [-0.25, -0.2) is 0 Å². The molecule has 0 aliphatic carbocycles. The topological polar surface area (TPSA) is 51.2 Å². The van der Waals surface area contributed by atoms with Gasteiger partial charge in [-0.3, -0.25) is 9.78 Å². The van der Waals surface area contributed by atoms with Gasteiger partial charge in [-0.15, -0.1) is 0 Å². The van der Waals surface area contributed by atoms with Gasteiger partial charge in [-0.2, -0.15) is 13.2 Å². The zero-order valence-corrected chi connectivity index (χ0v) is 15.2. The van der Waals surface area contributed by atoms with Crippen molar-refractivity contribution in [2.45, 2.75) is 44.3 Å². The Morgan fingerprint density at radius 1 is 1.26 bits per heavy atom. The number of hydrogen-bond acceptors (Lipinski definition) is 3. The quantitative estimate of drug-likeness (QED) is 0.831. The molecule has 1 aliphatic rings. The first-order valence-electron chi connectivity index (χ1n) is 9.06. The lowest BCUT2D eigenvalue weighted by atomic mass is 9.82. The van der Waals surface area contributed by atoms with Crippen LogP contribution in [-0.2, 0) is 4.74 Å². The highest BCUT2D eigenvalue weighted by molar-refractivity contribution is 5.97. The zero-order valence-electron chi connectivity index (χ0n) is 15.2. The number of para-hydroxylation sites is 1. The number of fused-ring (bicyclic) bond motifs is 1. The lowest BCUT2D eigenvalue weighted by molar-refractivity contribution is -0.150. The average molecular weight is 380 g/mol. The zero-order chi connectivity index (χ0) is 19.5. The summed E-state index contributed by atoms with van der Waals surface area (Å²) in [5.74, 6) is -0.437. The summed E-state index contributed by atoms with van der Waals surface area (Å²) in [6.07, 6.45) is -2.34. The molecule has 1 fully saturated rings. The van der Waals surface area contributed by atoms with Gasteiger partial charge < -0.3 is 10.1 Å². The molecule has 1 aromatic heterocycles. The number of benzene rings is 1. The number of hydrogen-bond donors (Lipinski definition) is 1.